The summed E-state index contributed by atoms with van der Waals surface area (Å²) in [4.78, 5) is 11.8. The molecule has 0 atom stereocenters. The Morgan fingerprint density at radius 2 is 1.71 bits per heavy atom. The van der Waals surface area contributed by atoms with Crippen LogP contribution in [-0.2, 0) is 17.6 Å². The zero-order valence-electron chi connectivity index (χ0n) is 11.2. The molecule has 17 heavy (non-hydrogen) atoms. The van der Waals surface area contributed by atoms with E-state index in [1.807, 2.05) is 6.07 Å². The maximum Gasteiger partial charge on any atom is 0.193 e. The summed E-state index contributed by atoms with van der Waals surface area (Å²) in [5.74, 6) is 0.629. The van der Waals surface area contributed by atoms with Gasteiger partial charge >= 0.3 is 0 Å². The van der Waals surface area contributed by atoms with Crippen molar-refractivity contribution >= 4 is 16.9 Å². The van der Waals surface area contributed by atoms with Gasteiger partial charge in [0.2, 0.25) is 0 Å². The molecule has 0 amide bonds. The monoisotopic (exact) mass is 250 g/mol. The molecule has 0 aliphatic heterocycles. The summed E-state index contributed by atoms with van der Waals surface area (Å²) in [6.07, 6.45) is 1.61. The quantitative estimate of drug-likeness (QED) is 0.782. The molecule has 0 radical (unpaired) electrons. The molecular weight excluding hydrogens is 228 g/mol. The molecule has 0 unspecified atom stereocenters. The molecule has 0 aromatic heterocycles. The highest BCUT2D eigenvalue weighted by Gasteiger charge is 2.10. The number of hydrogen-bond donors (Lipinski definition) is 0. The van der Waals surface area contributed by atoms with Crippen LogP contribution in [0.2, 0.25) is 0 Å². The van der Waals surface area contributed by atoms with Crippen molar-refractivity contribution in [3.63, 3.8) is 0 Å². The fourth-order valence-corrected chi connectivity index (χ4v) is 2.59. The van der Waals surface area contributed by atoms with Crippen LogP contribution in [0.1, 0.15) is 38.8 Å². The van der Waals surface area contributed by atoms with Crippen LogP contribution in [0.5, 0.6) is 0 Å². The molecule has 0 heterocycles. The summed E-state index contributed by atoms with van der Waals surface area (Å²) < 4.78 is 0. The Kier molecular flexibility index (Phi) is 5.76. The summed E-state index contributed by atoms with van der Waals surface area (Å²) in [7, 11) is 0. The first kappa shape index (κ1) is 14.3. The van der Waals surface area contributed by atoms with Gasteiger partial charge < -0.3 is 0 Å². The van der Waals surface area contributed by atoms with E-state index in [1.54, 1.807) is 0 Å². The van der Waals surface area contributed by atoms with Crippen LogP contribution in [0.15, 0.2) is 24.3 Å². The lowest BCUT2D eigenvalue weighted by Crippen LogP contribution is -2.06. The molecule has 1 aromatic rings. The molecule has 2 heteroatoms. The lowest BCUT2D eigenvalue weighted by atomic mass is 9.97. The van der Waals surface area contributed by atoms with Gasteiger partial charge in [0.05, 0.1) is 0 Å². The predicted octanol–water partition coefficient (Wildman–Crippen LogP) is 4.10. The molecule has 1 nitrogen and oxygen atoms in total. The fraction of sp³-hybridized carbons (Fsp3) is 0.533. The summed E-state index contributed by atoms with van der Waals surface area (Å²) in [5.41, 5.74) is 2.51. The highest BCUT2D eigenvalue weighted by molar-refractivity contribution is 8.14. The number of carbonyl (C=O) groups is 1. The molecule has 0 aliphatic rings. The van der Waals surface area contributed by atoms with Gasteiger partial charge in [0.15, 0.2) is 5.12 Å². The van der Waals surface area contributed by atoms with Crippen LogP contribution >= 0.6 is 11.8 Å². The van der Waals surface area contributed by atoms with Gasteiger partial charge in [-0.15, -0.1) is 0 Å². The topological polar surface area (TPSA) is 17.1 Å². The van der Waals surface area contributed by atoms with Crippen LogP contribution in [0.25, 0.3) is 0 Å². The number of carbonyl (C=O) groups excluding carboxylic acids is 1. The Bertz CT molecular complexity index is 369. The Labute approximate surface area is 109 Å². The van der Waals surface area contributed by atoms with E-state index in [4.69, 9.17) is 0 Å². The smallest absolute Gasteiger partial charge is 0.193 e. The first-order valence-corrected chi connectivity index (χ1v) is 7.13. The van der Waals surface area contributed by atoms with Crippen molar-refractivity contribution in [2.45, 2.75) is 45.8 Å². The SMILES string of the molecule is CC(C)Cc1ccccc1CC(=O)SC(C)C. The maximum absolute atomic E-state index is 11.8. The van der Waals surface area contributed by atoms with Crippen molar-refractivity contribution in [1.82, 2.24) is 0 Å². The summed E-state index contributed by atoms with van der Waals surface area (Å²) in [6, 6.07) is 8.30. The lowest BCUT2D eigenvalue weighted by Gasteiger charge is -2.11. The fourth-order valence-electron chi connectivity index (χ4n) is 1.83. The van der Waals surface area contributed by atoms with Crippen LogP contribution in [-0.4, -0.2) is 10.4 Å². The van der Waals surface area contributed by atoms with Gasteiger partial charge in [-0.3, -0.25) is 4.79 Å². The van der Waals surface area contributed by atoms with E-state index >= 15 is 0 Å². The average Bonchev–Trinajstić information content (AvgIpc) is 2.18. The van der Waals surface area contributed by atoms with Gasteiger partial charge in [-0.05, 0) is 23.5 Å². The van der Waals surface area contributed by atoms with Gasteiger partial charge in [-0.1, -0.05) is 63.7 Å². The van der Waals surface area contributed by atoms with Crippen LogP contribution in [0, 0.1) is 5.92 Å². The Morgan fingerprint density at radius 1 is 1.12 bits per heavy atom. The minimum atomic E-state index is 0.274. The van der Waals surface area contributed by atoms with E-state index in [1.165, 1.54) is 22.9 Å². The predicted molar refractivity (Wildman–Crippen MR) is 76.4 cm³/mol. The summed E-state index contributed by atoms with van der Waals surface area (Å²) >= 11 is 1.44. The van der Waals surface area contributed by atoms with Gasteiger partial charge in [0.1, 0.15) is 0 Å². The first-order valence-electron chi connectivity index (χ1n) is 6.25. The van der Waals surface area contributed by atoms with Gasteiger partial charge in [-0.2, -0.15) is 0 Å². The standard InChI is InChI=1S/C15H22OS/c1-11(2)9-13-7-5-6-8-14(13)10-15(16)17-12(3)4/h5-8,11-12H,9-10H2,1-4H3. The van der Waals surface area contributed by atoms with Gasteiger partial charge in [0.25, 0.3) is 0 Å². The molecule has 0 saturated carbocycles. The molecule has 0 aliphatic carbocycles. The molecule has 0 fully saturated rings. The van der Waals surface area contributed by atoms with Crippen molar-refractivity contribution < 1.29 is 4.79 Å². The summed E-state index contributed by atoms with van der Waals surface area (Å²) in [6.45, 7) is 8.54. The molecular formula is C15H22OS. The zero-order valence-corrected chi connectivity index (χ0v) is 12.0. The Balaban J connectivity index is 2.72. The second-order valence-electron chi connectivity index (χ2n) is 5.08. The van der Waals surface area contributed by atoms with Gasteiger partial charge in [-0.25, -0.2) is 0 Å². The highest BCUT2D eigenvalue weighted by Crippen LogP contribution is 2.19. The number of hydrogen-bond acceptors (Lipinski definition) is 2. The number of benzene rings is 1. The maximum atomic E-state index is 11.8. The molecule has 0 spiro atoms. The van der Waals surface area contributed by atoms with E-state index in [2.05, 4.69) is 45.9 Å². The largest absolute Gasteiger partial charge is 0.287 e. The third kappa shape index (κ3) is 5.40. The molecule has 1 aromatic carbocycles. The molecule has 0 N–H and O–H groups in total. The van der Waals surface area contributed by atoms with E-state index in [0.717, 1.165) is 6.42 Å². The summed E-state index contributed by atoms with van der Waals surface area (Å²) in [5, 5.41) is 0.649. The second-order valence-corrected chi connectivity index (χ2v) is 6.72. The van der Waals surface area contributed by atoms with Crippen LogP contribution in [0.3, 0.4) is 0 Å². The van der Waals surface area contributed by atoms with Crippen molar-refractivity contribution in [2.75, 3.05) is 0 Å². The lowest BCUT2D eigenvalue weighted by molar-refractivity contribution is -0.110. The molecule has 1 rings (SSSR count). The Morgan fingerprint density at radius 3 is 2.24 bits per heavy atom. The van der Waals surface area contributed by atoms with E-state index in [0.29, 0.717) is 17.6 Å². The van der Waals surface area contributed by atoms with Crippen molar-refractivity contribution in [2.24, 2.45) is 5.92 Å². The van der Waals surface area contributed by atoms with E-state index in [9.17, 15) is 4.79 Å². The minimum Gasteiger partial charge on any atom is -0.287 e. The third-order valence-electron chi connectivity index (χ3n) is 2.45. The van der Waals surface area contributed by atoms with Crippen LogP contribution in [0.4, 0.5) is 0 Å². The minimum absolute atomic E-state index is 0.274. The number of rotatable bonds is 5. The van der Waals surface area contributed by atoms with E-state index < -0.39 is 0 Å². The average molecular weight is 250 g/mol. The van der Waals surface area contributed by atoms with Crippen molar-refractivity contribution in [1.29, 1.82) is 0 Å². The Hall–Kier alpha value is -0.760. The normalized spacial score (nSPS) is 11.2. The molecule has 0 bridgehead atoms. The molecule has 94 valence electrons. The van der Waals surface area contributed by atoms with E-state index in [-0.39, 0.29) is 5.12 Å². The molecule has 0 saturated heterocycles. The highest BCUT2D eigenvalue weighted by atomic mass is 32.2. The van der Waals surface area contributed by atoms with Crippen LogP contribution < -0.4 is 0 Å². The third-order valence-corrected chi connectivity index (χ3v) is 3.33. The first-order chi connectivity index (χ1) is 7.99. The van der Waals surface area contributed by atoms with Gasteiger partial charge in [0, 0.05) is 11.7 Å². The number of thioether (sulfide) groups is 1. The van der Waals surface area contributed by atoms with Crippen molar-refractivity contribution in [3.8, 4) is 0 Å². The zero-order chi connectivity index (χ0) is 12.8. The second kappa shape index (κ2) is 6.85. The van der Waals surface area contributed by atoms with Crippen molar-refractivity contribution in [3.05, 3.63) is 35.4 Å².